The van der Waals surface area contributed by atoms with Gasteiger partial charge in [0, 0.05) is 19.7 Å². The molecule has 0 aliphatic carbocycles. The van der Waals surface area contributed by atoms with E-state index in [0.29, 0.717) is 16.4 Å². The van der Waals surface area contributed by atoms with Crippen LogP contribution in [0.3, 0.4) is 0 Å². The normalized spacial score (nSPS) is 11.8. The molecule has 0 aliphatic heterocycles. The second-order valence-corrected chi connectivity index (χ2v) is 4.33. The van der Waals surface area contributed by atoms with E-state index in [1.54, 1.807) is 18.2 Å². The van der Waals surface area contributed by atoms with Gasteiger partial charge in [0.2, 0.25) is 11.8 Å². The fraction of sp³-hybridized carbons (Fsp3) is 0.333. The number of rotatable bonds is 5. The Morgan fingerprint density at radius 2 is 2.11 bits per heavy atom. The summed E-state index contributed by atoms with van der Waals surface area (Å²) in [5, 5.41) is 5.56. The van der Waals surface area contributed by atoms with E-state index < -0.39 is 6.04 Å². The first-order chi connectivity index (χ1) is 8.93. The highest BCUT2D eigenvalue weighted by Crippen LogP contribution is 2.25. The Bertz CT molecular complexity index is 479. The standard InChI is InChI=1S/C12H16ClN3O3/c1-7(17)15-11-5-8(3-4-9(11)13)16-12(18)10(14)6-19-2/h3-5,10H,6,14H2,1-2H3,(H,15,17)(H,16,18). The molecule has 2 amide bonds. The van der Waals surface area contributed by atoms with Gasteiger partial charge in [-0.25, -0.2) is 0 Å². The predicted octanol–water partition coefficient (Wildman–Crippen LogP) is 1.21. The average molecular weight is 286 g/mol. The monoisotopic (exact) mass is 285 g/mol. The molecule has 19 heavy (non-hydrogen) atoms. The number of amides is 2. The Morgan fingerprint density at radius 3 is 2.68 bits per heavy atom. The number of ether oxygens (including phenoxy) is 1. The lowest BCUT2D eigenvalue weighted by atomic mass is 10.2. The molecule has 0 aromatic heterocycles. The molecule has 0 radical (unpaired) electrons. The van der Waals surface area contributed by atoms with Gasteiger partial charge in [-0.1, -0.05) is 11.6 Å². The highest BCUT2D eigenvalue weighted by atomic mass is 35.5. The zero-order valence-corrected chi connectivity index (χ0v) is 11.5. The number of methoxy groups -OCH3 is 1. The van der Waals surface area contributed by atoms with Crippen LogP contribution in [0.5, 0.6) is 0 Å². The van der Waals surface area contributed by atoms with Gasteiger partial charge in [0.1, 0.15) is 6.04 Å². The molecule has 7 heteroatoms. The zero-order chi connectivity index (χ0) is 14.4. The van der Waals surface area contributed by atoms with E-state index in [-0.39, 0.29) is 18.4 Å². The number of nitrogens with one attached hydrogen (secondary N) is 2. The third kappa shape index (κ3) is 4.86. The van der Waals surface area contributed by atoms with Crippen molar-refractivity contribution in [2.45, 2.75) is 13.0 Å². The number of carbonyl (C=O) groups is 2. The molecule has 1 atom stereocenters. The van der Waals surface area contributed by atoms with E-state index in [2.05, 4.69) is 10.6 Å². The summed E-state index contributed by atoms with van der Waals surface area (Å²) in [6.07, 6.45) is 0. The van der Waals surface area contributed by atoms with Crippen LogP contribution in [0.25, 0.3) is 0 Å². The molecule has 0 bridgehead atoms. The van der Waals surface area contributed by atoms with E-state index in [1.807, 2.05) is 0 Å². The summed E-state index contributed by atoms with van der Waals surface area (Å²) in [5.41, 5.74) is 6.51. The lowest BCUT2D eigenvalue weighted by molar-refractivity contribution is -0.118. The molecule has 1 unspecified atom stereocenters. The number of benzene rings is 1. The molecule has 0 fully saturated rings. The molecule has 0 saturated carbocycles. The summed E-state index contributed by atoms with van der Waals surface area (Å²) in [7, 11) is 1.46. The summed E-state index contributed by atoms with van der Waals surface area (Å²) >= 11 is 5.92. The predicted molar refractivity (Wildman–Crippen MR) is 74.2 cm³/mol. The molecule has 1 aromatic rings. The fourth-order valence-corrected chi connectivity index (χ4v) is 1.54. The minimum absolute atomic E-state index is 0.123. The van der Waals surface area contributed by atoms with Gasteiger partial charge in [0.05, 0.1) is 17.3 Å². The molecule has 6 nitrogen and oxygen atoms in total. The summed E-state index contributed by atoms with van der Waals surface area (Å²) in [5.74, 6) is -0.626. The number of hydrogen-bond acceptors (Lipinski definition) is 4. The lowest BCUT2D eigenvalue weighted by Gasteiger charge is -2.13. The van der Waals surface area contributed by atoms with Crippen LogP contribution in [0, 0.1) is 0 Å². The Hall–Kier alpha value is -1.63. The summed E-state index contributed by atoms with van der Waals surface area (Å²) in [6.45, 7) is 1.49. The zero-order valence-electron chi connectivity index (χ0n) is 10.7. The third-order valence-corrected chi connectivity index (χ3v) is 2.56. The van der Waals surface area contributed by atoms with Gasteiger partial charge in [0.15, 0.2) is 0 Å². The van der Waals surface area contributed by atoms with Gasteiger partial charge in [-0.15, -0.1) is 0 Å². The van der Waals surface area contributed by atoms with Crippen LogP contribution in [0.4, 0.5) is 11.4 Å². The van der Waals surface area contributed by atoms with Crippen molar-refractivity contribution in [3.63, 3.8) is 0 Å². The van der Waals surface area contributed by atoms with Crippen LogP contribution in [0.1, 0.15) is 6.92 Å². The van der Waals surface area contributed by atoms with Crippen molar-refractivity contribution in [3.05, 3.63) is 23.2 Å². The van der Waals surface area contributed by atoms with Crippen molar-refractivity contribution in [3.8, 4) is 0 Å². The maximum atomic E-state index is 11.7. The van der Waals surface area contributed by atoms with Crippen LogP contribution in [-0.4, -0.2) is 31.6 Å². The van der Waals surface area contributed by atoms with Gasteiger partial charge in [-0.2, -0.15) is 0 Å². The molecule has 0 saturated heterocycles. The van der Waals surface area contributed by atoms with E-state index in [4.69, 9.17) is 22.1 Å². The summed E-state index contributed by atoms with van der Waals surface area (Å²) < 4.78 is 4.79. The van der Waals surface area contributed by atoms with Gasteiger partial charge in [-0.3, -0.25) is 9.59 Å². The first-order valence-corrected chi connectivity index (χ1v) is 5.94. The fourth-order valence-electron chi connectivity index (χ4n) is 1.38. The quantitative estimate of drug-likeness (QED) is 0.758. The highest BCUT2D eigenvalue weighted by molar-refractivity contribution is 6.33. The molecule has 0 aliphatic rings. The van der Waals surface area contributed by atoms with E-state index in [9.17, 15) is 9.59 Å². The van der Waals surface area contributed by atoms with Crippen molar-refractivity contribution in [1.29, 1.82) is 0 Å². The minimum Gasteiger partial charge on any atom is -0.383 e. The van der Waals surface area contributed by atoms with Crippen molar-refractivity contribution >= 4 is 34.8 Å². The molecule has 1 aromatic carbocycles. The van der Waals surface area contributed by atoms with Crippen molar-refractivity contribution < 1.29 is 14.3 Å². The maximum Gasteiger partial charge on any atom is 0.243 e. The first-order valence-electron chi connectivity index (χ1n) is 5.56. The van der Waals surface area contributed by atoms with Crippen LogP contribution >= 0.6 is 11.6 Å². The molecule has 1 rings (SSSR count). The Balaban J connectivity index is 2.79. The van der Waals surface area contributed by atoms with Crippen LogP contribution in [-0.2, 0) is 14.3 Å². The van der Waals surface area contributed by atoms with Crippen LogP contribution < -0.4 is 16.4 Å². The second-order valence-electron chi connectivity index (χ2n) is 3.93. The average Bonchev–Trinajstić information content (AvgIpc) is 2.33. The van der Waals surface area contributed by atoms with E-state index >= 15 is 0 Å². The highest BCUT2D eigenvalue weighted by Gasteiger charge is 2.13. The number of carbonyl (C=O) groups excluding carboxylic acids is 2. The van der Waals surface area contributed by atoms with Crippen molar-refractivity contribution in [2.75, 3.05) is 24.4 Å². The van der Waals surface area contributed by atoms with Gasteiger partial charge in [0.25, 0.3) is 0 Å². The second kappa shape index (κ2) is 7.08. The number of halogens is 1. The molecule has 0 heterocycles. The number of nitrogens with two attached hydrogens (primary N) is 1. The molecular weight excluding hydrogens is 270 g/mol. The van der Waals surface area contributed by atoms with Crippen molar-refractivity contribution in [2.24, 2.45) is 5.73 Å². The topological polar surface area (TPSA) is 93.4 Å². The largest absolute Gasteiger partial charge is 0.383 e. The van der Waals surface area contributed by atoms with Gasteiger partial charge >= 0.3 is 0 Å². The summed E-state index contributed by atoms with van der Waals surface area (Å²) in [4.78, 5) is 22.7. The first kappa shape index (κ1) is 15.4. The Kier molecular flexibility index (Phi) is 5.75. The molecular formula is C12H16ClN3O3. The minimum atomic E-state index is -0.759. The van der Waals surface area contributed by atoms with Gasteiger partial charge in [-0.05, 0) is 18.2 Å². The Morgan fingerprint density at radius 1 is 1.42 bits per heavy atom. The number of anilines is 2. The Labute approximate surface area is 116 Å². The maximum absolute atomic E-state index is 11.7. The molecule has 104 valence electrons. The molecule has 4 N–H and O–H groups in total. The van der Waals surface area contributed by atoms with E-state index in [0.717, 1.165) is 0 Å². The van der Waals surface area contributed by atoms with Crippen molar-refractivity contribution in [1.82, 2.24) is 0 Å². The summed E-state index contributed by atoms with van der Waals surface area (Å²) in [6, 6.07) is 3.99. The third-order valence-electron chi connectivity index (χ3n) is 2.23. The van der Waals surface area contributed by atoms with E-state index in [1.165, 1.54) is 14.0 Å². The molecule has 0 spiro atoms. The van der Waals surface area contributed by atoms with Gasteiger partial charge < -0.3 is 21.1 Å². The SMILES string of the molecule is COCC(N)C(=O)Nc1ccc(Cl)c(NC(C)=O)c1. The number of hydrogen-bond donors (Lipinski definition) is 3. The smallest absolute Gasteiger partial charge is 0.243 e. The van der Waals surface area contributed by atoms with Crippen LogP contribution in [0.15, 0.2) is 18.2 Å². The van der Waals surface area contributed by atoms with Crippen LogP contribution in [0.2, 0.25) is 5.02 Å². The lowest BCUT2D eigenvalue weighted by Crippen LogP contribution is -2.39.